The molecule has 204 valence electrons. The number of rotatable bonds is 10. The van der Waals surface area contributed by atoms with Gasteiger partial charge in [0.1, 0.15) is 5.75 Å². The molecule has 0 fully saturated rings. The summed E-state index contributed by atoms with van der Waals surface area (Å²) in [5.74, 6) is 0.159. The van der Waals surface area contributed by atoms with E-state index in [1.807, 2.05) is 36.6 Å². The van der Waals surface area contributed by atoms with Gasteiger partial charge in [0.05, 0.1) is 16.3 Å². The van der Waals surface area contributed by atoms with Crippen molar-refractivity contribution in [1.82, 2.24) is 19.1 Å². The summed E-state index contributed by atoms with van der Waals surface area (Å²) in [7, 11) is -0.752. The molecule has 0 aliphatic heterocycles. The van der Waals surface area contributed by atoms with Gasteiger partial charge < -0.3 is 4.74 Å². The zero-order chi connectivity index (χ0) is 28.3. The van der Waals surface area contributed by atoms with Crippen molar-refractivity contribution < 1.29 is 26.7 Å². The van der Waals surface area contributed by atoms with Gasteiger partial charge >= 0.3 is 6.61 Å². The molecule has 4 aromatic rings. The molecule has 0 N–H and O–H groups in total. The van der Waals surface area contributed by atoms with Crippen molar-refractivity contribution in [1.29, 1.82) is 0 Å². The monoisotopic (exact) mass is 572 g/mol. The third-order valence-electron chi connectivity index (χ3n) is 5.90. The van der Waals surface area contributed by atoms with E-state index in [1.165, 1.54) is 56.2 Å². The Labute approximate surface area is 229 Å². The highest BCUT2D eigenvalue weighted by Gasteiger charge is 2.23. The Bertz CT molecular complexity index is 1580. The van der Waals surface area contributed by atoms with E-state index in [2.05, 4.69) is 14.9 Å². The van der Waals surface area contributed by atoms with Gasteiger partial charge in [0.2, 0.25) is 10.0 Å². The molecule has 0 saturated heterocycles. The largest absolute Gasteiger partial charge is 0.435 e. The predicted octanol–water partition coefficient (Wildman–Crippen LogP) is 5.38. The van der Waals surface area contributed by atoms with Crippen LogP contribution in [0.4, 0.5) is 8.78 Å². The number of alkyl halides is 2. The first kappa shape index (κ1) is 28.4. The maximum Gasteiger partial charge on any atom is 0.387 e. The molecule has 0 saturated carbocycles. The summed E-state index contributed by atoms with van der Waals surface area (Å²) in [4.78, 5) is 13.0. The van der Waals surface area contributed by atoms with Gasteiger partial charge in [-0.2, -0.15) is 8.78 Å². The van der Waals surface area contributed by atoms with Crippen LogP contribution < -0.4 is 4.74 Å². The van der Waals surface area contributed by atoms with Crippen molar-refractivity contribution in [3.63, 3.8) is 0 Å². The number of halogens is 2. The third kappa shape index (κ3) is 6.18. The Morgan fingerprint density at radius 1 is 1.00 bits per heavy atom. The topological polar surface area (TPSA) is 94.4 Å². The van der Waals surface area contributed by atoms with Crippen LogP contribution in [0.1, 0.15) is 21.5 Å². The fourth-order valence-electron chi connectivity index (χ4n) is 3.95. The minimum absolute atomic E-state index is 0.00710. The number of aromatic nitrogens is 3. The van der Waals surface area contributed by atoms with Crippen molar-refractivity contribution >= 4 is 27.6 Å². The molecular formula is C27H26F2N4O4S2. The lowest BCUT2D eigenvalue weighted by atomic mass is 10.1. The molecule has 0 spiro atoms. The summed E-state index contributed by atoms with van der Waals surface area (Å²) in [6, 6.07) is 17.8. The second-order valence-corrected chi connectivity index (χ2v) is 11.9. The summed E-state index contributed by atoms with van der Waals surface area (Å²) in [6.07, 6.45) is 0. The lowest BCUT2D eigenvalue weighted by Gasteiger charge is -2.16. The molecule has 1 heterocycles. The normalized spacial score (nSPS) is 11.8. The molecular weight excluding hydrogens is 546 g/mol. The average molecular weight is 573 g/mol. The molecule has 0 bridgehead atoms. The lowest BCUT2D eigenvalue weighted by Crippen LogP contribution is -2.22. The molecule has 0 unspecified atom stereocenters. The first-order valence-corrected chi connectivity index (χ1v) is 14.2. The fraction of sp³-hybridized carbons (Fsp3) is 0.222. The second-order valence-electron chi connectivity index (χ2n) is 8.81. The molecule has 0 aliphatic rings. The van der Waals surface area contributed by atoms with Gasteiger partial charge in [-0.1, -0.05) is 42.1 Å². The van der Waals surface area contributed by atoms with Crippen LogP contribution in [0.25, 0.3) is 17.1 Å². The molecule has 3 aromatic carbocycles. The Kier molecular flexibility index (Phi) is 8.48. The summed E-state index contributed by atoms with van der Waals surface area (Å²) in [5.41, 5.74) is 3.58. The van der Waals surface area contributed by atoms with Gasteiger partial charge in [0.15, 0.2) is 16.8 Å². The molecule has 0 radical (unpaired) electrons. The van der Waals surface area contributed by atoms with Gasteiger partial charge in [-0.05, 0) is 61.4 Å². The number of Topliss-reactive ketones (excluding diaryl/α,β-unsaturated/α-hetero) is 1. The highest BCUT2D eigenvalue weighted by atomic mass is 32.2. The molecule has 1 aromatic heterocycles. The number of sulfonamides is 1. The van der Waals surface area contributed by atoms with Crippen LogP contribution in [0.5, 0.6) is 5.75 Å². The number of ketones is 1. The zero-order valence-corrected chi connectivity index (χ0v) is 23.3. The molecule has 4 rings (SSSR count). The third-order valence-corrected chi connectivity index (χ3v) is 8.64. The van der Waals surface area contributed by atoms with Gasteiger partial charge in [-0.3, -0.25) is 9.36 Å². The highest BCUT2D eigenvalue weighted by Crippen LogP contribution is 2.32. The Morgan fingerprint density at radius 2 is 1.64 bits per heavy atom. The van der Waals surface area contributed by atoms with E-state index in [0.29, 0.717) is 22.1 Å². The Balaban J connectivity index is 1.72. The number of hydrogen-bond acceptors (Lipinski definition) is 7. The number of carbonyl (C=O) groups excluding carboxylic acids is 1. The molecule has 0 atom stereocenters. The van der Waals surface area contributed by atoms with E-state index in [0.717, 1.165) is 21.1 Å². The first-order valence-electron chi connectivity index (χ1n) is 11.7. The van der Waals surface area contributed by atoms with Crippen LogP contribution in [0, 0.1) is 13.8 Å². The SMILES string of the molecule is Cc1cccc(C)c1-n1c(SCC(=O)c2ccc(OC(F)F)cc2)nnc1-c1cccc(S(=O)(=O)N(C)C)c1. The minimum Gasteiger partial charge on any atom is -0.435 e. The number of hydrogen-bond donors (Lipinski definition) is 0. The van der Waals surface area contributed by atoms with Gasteiger partial charge in [0, 0.05) is 25.2 Å². The van der Waals surface area contributed by atoms with Crippen LogP contribution in [0.3, 0.4) is 0 Å². The summed E-state index contributed by atoms with van der Waals surface area (Å²) < 4.78 is 57.7. The predicted molar refractivity (Wildman–Crippen MR) is 145 cm³/mol. The second kappa shape index (κ2) is 11.6. The van der Waals surface area contributed by atoms with Crippen LogP contribution in [-0.2, 0) is 10.0 Å². The van der Waals surface area contributed by atoms with Gasteiger partial charge in [-0.15, -0.1) is 10.2 Å². The zero-order valence-electron chi connectivity index (χ0n) is 21.6. The van der Waals surface area contributed by atoms with E-state index in [9.17, 15) is 22.0 Å². The van der Waals surface area contributed by atoms with Crippen molar-refractivity contribution in [2.45, 2.75) is 30.5 Å². The quantitative estimate of drug-likeness (QED) is 0.186. The molecule has 39 heavy (non-hydrogen) atoms. The lowest BCUT2D eigenvalue weighted by molar-refractivity contribution is -0.0498. The van der Waals surface area contributed by atoms with Crippen molar-refractivity contribution in [3.05, 3.63) is 83.4 Å². The number of carbonyl (C=O) groups is 1. The summed E-state index contributed by atoms with van der Waals surface area (Å²) in [5, 5.41) is 9.18. The first-order chi connectivity index (χ1) is 18.5. The number of para-hydroxylation sites is 1. The van der Waals surface area contributed by atoms with Crippen LogP contribution in [-0.4, -0.2) is 59.7 Å². The number of benzene rings is 3. The van der Waals surface area contributed by atoms with E-state index in [1.54, 1.807) is 18.2 Å². The maximum absolute atomic E-state index is 12.9. The Hall–Kier alpha value is -3.61. The highest BCUT2D eigenvalue weighted by molar-refractivity contribution is 7.99. The van der Waals surface area contributed by atoms with E-state index in [4.69, 9.17) is 0 Å². The van der Waals surface area contributed by atoms with E-state index in [-0.39, 0.29) is 22.2 Å². The van der Waals surface area contributed by atoms with Gasteiger partial charge in [-0.25, -0.2) is 12.7 Å². The number of thioether (sulfide) groups is 1. The molecule has 0 aliphatic carbocycles. The summed E-state index contributed by atoms with van der Waals surface area (Å²) in [6.45, 7) is 0.944. The Morgan fingerprint density at radius 3 is 2.26 bits per heavy atom. The van der Waals surface area contributed by atoms with Gasteiger partial charge in [0.25, 0.3) is 0 Å². The van der Waals surface area contributed by atoms with Crippen LogP contribution >= 0.6 is 11.8 Å². The fourth-order valence-corrected chi connectivity index (χ4v) is 5.73. The smallest absolute Gasteiger partial charge is 0.387 e. The standard InChI is InChI=1S/C27H26F2N4O4S2/c1-17-7-5-8-18(2)24(17)33-25(20-9-6-10-22(15-20)39(35,36)32(3)4)30-31-27(33)38-16-23(34)19-11-13-21(14-12-19)37-26(28)29/h5-15,26H,16H2,1-4H3. The van der Waals surface area contributed by atoms with Crippen LogP contribution in [0.2, 0.25) is 0 Å². The average Bonchev–Trinajstić information content (AvgIpc) is 3.30. The molecule has 0 amide bonds. The van der Waals surface area contributed by atoms with Crippen molar-refractivity contribution in [2.75, 3.05) is 19.8 Å². The molecule has 12 heteroatoms. The van der Waals surface area contributed by atoms with Crippen molar-refractivity contribution in [2.24, 2.45) is 0 Å². The van der Waals surface area contributed by atoms with Crippen LogP contribution in [0.15, 0.2) is 76.8 Å². The van der Waals surface area contributed by atoms with E-state index >= 15 is 0 Å². The maximum atomic E-state index is 12.9. The van der Waals surface area contributed by atoms with Crippen molar-refractivity contribution in [3.8, 4) is 22.8 Å². The number of ether oxygens (including phenoxy) is 1. The number of nitrogens with zero attached hydrogens (tertiary/aromatic N) is 4. The summed E-state index contributed by atoms with van der Waals surface area (Å²) >= 11 is 1.17. The van der Waals surface area contributed by atoms with E-state index < -0.39 is 16.6 Å². The number of aryl methyl sites for hydroxylation is 2. The molecule has 8 nitrogen and oxygen atoms in total. The minimum atomic E-state index is -3.68.